The molecule has 17 heavy (non-hydrogen) atoms. The minimum atomic E-state index is 1.12. The first kappa shape index (κ1) is 13.1. The van der Waals surface area contributed by atoms with E-state index in [1.807, 2.05) is 0 Å². The molecule has 2 heterocycles. The summed E-state index contributed by atoms with van der Waals surface area (Å²) in [5, 5.41) is 7.95. The molecule has 0 spiro atoms. The maximum absolute atomic E-state index is 3.54. The van der Waals surface area contributed by atoms with E-state index in [1.54, 1.807) is 11.3 Å². The van der Waals surface area contributed by atoms with Gasteiger partial charge in [0.2, 0.25) is 0 Å². The number of hydrogen-bond donors (Lipinski definition) is 1. The molecule has 1 aliphatic rings. The summed E-state index contributed by atoms with van der Waals surface area (Å²) in [5.41, 5.74) is 1.47. The van der Waals surface area contributed by atoms with E-state index in [9.17, 15) is 0 Å². The van der Waals surface area contributed by atoms with Crippen LogP contribution in [0, 0.1) is 0 Å². The van der Waals surface area contributed by atoms with Crippen LogP contribution < -0.4 is 5.32 Å². The van der Waals surface area contributed by atoms with Gasteiger partial charge in [-0.2, -0.15) is 11.3 Å². The van der Waals surface area contributed by atoms with Crippen molar-refractivity contribution in [2.45, 2.75) is 32.1 Å². The van der Waals surface area contributed by atoms with Gasteiger partial charge in [0.1, 0.15) is 0 Å². The topological polar surface area (TPSA) is 15.3 Å². The fraction of sp³-hybridized carbons (Fsp3) is 0.714. The Morgan fingerprint density at radius 3 is 2.82 bits per heavy atom. The number of rotatable bonds is 7. The molecule has 0 saturated carbocycles. The van der Waals surface area contributed by atoms with Gasteiger partial charge in [0.25, 0.3) is 0 Å². The van der Waals surface area contributed by atoms with Crippen molar-refractivity contribution in [1.82, 2.24) is 10.2 Å². The number of thiophene rings is 1. The number of hydrogen-bond acceptors (Lipinski definition) is 3. The molecule has 1 aromatic rings. The molecule has 1 N–H and O–H groups in total. The fourth-order valence-electron chi connectivity index (χ4n) is 2.40. The third kappa shape index (κ3) is 5.19. The zero-order valence-corrected chi connectivity index (χ0v) is 11.5. The van der Waals surface area contributed by atoms with E-state index in [1.165, 1.54) is 63.8 Å². The Bertz CT molecular complexity index is 278. The molecule has 2 nitrogen and oxygen atoms in total. The summed E-state index contributed by atoms with van der Waals surface area (Å²) < 4.78 is 0. The van der Waals surface area contributed by atoms with Crippen LogP contribution >= 0.6 is 11.3 Å². The van der Waals surface area contributed by atoms with Crippen LogP contribution in [0.2, 0.25) is 0 Å². The van der Waals surface area contributed by atoms with Gasteiger partial charge in [-0.25, -0.2) is 0 Å². The van der Waals surface area contributed by atoms with E-state index < -0.39 is 0 Å². The normalized spacial score (nSPS) is 17.4. The molecule has 1 aromatic heterocycles. The Morgan fingerprint density at radius 2 is 2.06 bits per heavy atom. The summed E-state index contributed by atoms with van der Waals surface area (Å²) in [7, 11) is 0. The lowest BCUT2D eigenvalue weighted by molar-refractivity contribution is 0.226. The molecule has 0 amide bonds. The van der Waals surface area contributed by atoms with Crippen molar-refractivity contribution in [2.75, 3.05) is 32.7 Å². The Balaban J connectivity index is 1.43. The molecule has 1 fully saturated rings. The SMILES string of the molecule is c1cc(CCNCCCN2CCCCC2)cs1. The van der Waals surface area contributed by atoms with Crippen LogP contribution in [-0.2, 0) is 6.42 Å². The summed E-state index contributed by atoms with van der Waals surface area (Å²) in [6, 6.07) is 2.22. The Hall–Kier alpha value is -0.380. The van der Waals surface area contributed by atoms with Crippen molar-refractivity contribution in [3.05, 3.63) is 22.4 Å². The molecular formula is C14H24N2S. The molecule has 1 aliphatic heterocycles. The molecule has 2 rings (SSSR count). The van der Waals surface area contributed by atoms with Crippen LogP contribution in [0.15, 0.2) is 16.8 Å². The van der Waals surface area contributed by atoms with Gasteiger partial charge >= 0.3 is 0 Å². The van der Waals surface area contributed by atoms with Crippen molar-refractivity contribution in [2.24, 2.45) is 0 Å². The van der Waals surface area contributed by atoms with Crippen molar-refractivity contribution in [3.63, 3.8) is 0 Å². The standard InChI is InChI=1S/C14H24N2S/c1-2-9-16(10-3-1)11-4-7-15-8-5-14-6-12-17-13-14/h6,12-13,15H,1-5,7-11H2. The second kappa shape index (κ2) is 7.85. The van der Waals surface area contributed by atoms with Crippen molar-refractivity contribution >= 4 is 11.3 Å². The maximum Gasteiger partial charge on any atom is -0.000664 e. The number of piperidine rings is 1. The summed E-state index contributed by atoms with van der Waals surface area (Å²) in [4.78, 5) is 2.62. The van der Waals surface area contributed by atoms with Crippen molar-refractivity contribution in [1.29, 1.82) is 0 Å². The highest BCUT2D eigenvalue weighted by atomic mass is 32.1. The Kier molecular flexibility index (Phi) is 6.03. The molecule has 0 unspecified atom stereocenters. The first-order valence-corrected chi connectivity index (χ1v) is 7.83. The van der Waals surface area contributed by atoms with Crippen molar-refractivity contribution < 1.29 is 0 Å². The smallest absolute Gasteiger partial charge is 0.000664 e. The molecule has 1 saturated heterocycles. The second-order valence-corrected chi connectivity index (χ2v) is 5.67. The van der Waals surface area contributed by atoms with Gasteiger partial charge in [-0.15, -0.1) is 0 Å². The lowest BCUT2D eigenvalue weighted by atomic mass is 10.1. The maximum atomic E-state index is 3.54. The fourth-order valence-corrected chi connectivity index (χ4v) is 3.11. The van der Waals surface area contributed by atoms with Gasteiger partial charge in [-0.1, -0.05) is 6.42 Å². The lowest BCUT2D eigenvalue weighted by Gasteiger charge is -2.26. The van der Waals surface area contributed by atoms with Crippen LogP contribution in [0.25, 0.3) is 0 Å². The minimum Gasteiger partial charge on any atom is -0.316 e. The molecule has 96 valence electrons. The summed E-state index contributed by atoms with van der Waals surface area (Å²) in [6.07, 6.45) is 6.73. The van der Waals surface area contributed by atoms with E-state index in [-0.39, 0.29) is 0 Å². The predicted octanol–water partition coefficient (Wildman–Crippen LogP) is 2.76. The van der Waals surface area contributed by atoms with Gasteiger partial charge in [0.05, 0.1) is 0 Å². The van der Waals surface area contributed by atoms with E-state index in [0.29, 0.717) is 0 Å². The van der Waals surface area contributed by atoms with Crippen LogP contribution in [0.5, 0.6) is 0 Å². The van der Waals surface area contributed by atoms with Gasteiger partial charge in [0.15, 0.2) is 0 Å². The van der Waals surface area contributed by atoms with Crippen LogP contribution in [0.4, 0.5) is 0 Å². The highest BCUT2D eigenvalue weighted by molar-refractivity contribution is 7.07. The summed E-state index contributed by atoms with van der Waals surface area (Å²) >= 11 is 1.79. The van der Waals surface area contributed by atoms with Crippen molar-refractivity contribution in [3.8, 4) is 0 Å². The molecule has 0 radical (unpaired) electrons. The zero-order valence-electron chi connectivity index (χ0n) is 10.7. The van der Waals surface area contributed by atoms with Crippen LogP contribution in [0.3, 0.4) is 0 Å². The highest BCUT2D eigenvalue weighted by Crippen LogP contribution is 2.08. The molecular weight excluding hydrogens is 228 g/mol. The van der Waals surface area contributed by atoms with Gasteiger partial charge in [-0.3, -0.25) is 0 Å². The molecule has 3 heteroatoms. The van der Waals surface area contributed by atoms with E-state index in [4.69, 9.17) is 0 Å². The minimum absolute atomic E-state index is 1.12. The molecule has 0 aromatic carbocycles. The molecule has 0 atom stereocenters. The number of nitrogens with zero attached hydrogens (tertiary/aromatic N) is 1. The number of likely N-dealkylation sites (tertiary alicyclic amines) is 1. The zero-order chi connectivity index (χ0) is 11.8. The summed E-state index contributed by atoms with van der Waals surface area (Å²) in [5.74, 6) is 0. The lowest BCUT2D eigenvalue weighted by Crippen LogP contribution is -2.32. The van der Waals surface area contributed by atoms with Crippen LogP contribution in [0.1, 0.15) is 31.2 Å². The monoisotopic (exact) mass is 252 g/mol. The third-order valence-electron chi connectivity index (χ3n) is 3.45. The average molecular weight is 252 g/mol. The largest absolute Gasteiger partial charge is 0.316 e. The van der Waals surface area contributed by atoms with E-state index >= 15 is 0 Å². The Labute approximate surface area is 109 Å². The van der Waals surface area contributed by atoms with E-state index in [0.717, 1.165) is 6.54 Å². The van der Waals surface area contributed by atoms with Gasteiger partial charge in [-0.05, 0) is 80.8 Å². The number of nitrogens with one attached hydrogen (secondary N) is 1. The summed E-state index contributed by atoms with van der Waals surface area (Å²) in [6.45, 7) is 6.23. The first-order valence-electron chi connectivity index (χ1n) is 6.89. The van der Waals surface area contributed by atoms with Crippen LogP contribution in [-0.4, -0.2) is 37.6 Å². The molecule has 0 aliphatic carbocycles. The Morgan fingerprint density at radius 1 is 1.18 bits per heavy atom. The third-order valence-corrected chi connectivity index (χ3v) is 4.18. The first-order chi connectivity index (χ1) is 8.45. The van der Waals surface area contributed by atoms with Gasteiger partial charge < -0.3 is 10.2 Å². The average Bonchev–Trinajstić information content (AvgIpc) is 2.88. The van der Waals surface area contributed by atoms with Gasteiger partial charge in [0, 0.05) is 0 Å². The van der Waals surface area contributed by atoms with E-state index in [2.05, 4.69) is 27.0 Å². The highest BCUT2D eigenvalue weighted by Gasteiger charge is 2.08. The molecule has 0 bridgehead atoms. The second-order valence-electron chi connectivity index (χ2n) is 4.89. The quantitative estimate of drug-likeness (QED) is 0.751. The predicted molar refractivity (Wildman–Crippen MR) is 75.8 cm³/mol.